The summed E-state index contributed by atoms with van der Waals surface area (Å²) in [6, 6.07) is 12.6. The monoisotopic (exact) mass is 214 g/mol. The number of hydrogen-bond acceptors (Lipinski definition) is 4. The summed E-state index contributed by atoms with van der Waals surface area (Å²) >= 11 is 0. The molecule has 16 heavy (non-hydrogen) atoms. The zero-order valence-electron chi connectivity index (χ0n) is 8.45. The van der Waals surface area contributed by atoms with E-state index < -0.39 is 0 Å². The number of aromatic nitrogens is 1. The molecule has 4 nitrogen and oxygen atoms in total. The van der Waals surface area contributed by atoms with Crippen molar-refractivity contribution in [2.24, 2.45) is 5.16 Å². The number of nitrogens with zero attached hydrogens (tertiary/aromatic N) is 2. The van der Waals surface area contributed by atoms with Crippen molar-refractivity contribution < 1.29 is 9.94 Å². The third-order valence-electron chi connectivity index (χ3n) is 1.93. The van der Waals surface area contributed by atoms with Crippen LogP contribution in [0.4, 0.5) is 0 Å². The molecule has 0 radical (unpaired) electrons. The number of rotatable bonds is 3. The molecule has 0 fully saturated rings. The highest BCUT2D eigenvalue weighted by molar-refractivity contribution is 5.79. The molecule has 0 saturated heterocycles. The van der Waals surface area contributed by atoms with Crippen LogP contribution in [-0.2, 0) is 0 Å². The largest absolute Gasteiger partial charge is 0.439 e. The summed E-state index contributed by atoms with van der Waals surface area (Å²) in [6.45, 7) is 0. The minimum Gasteiger partial charge on any atom is -0.439 e. The molecule has 1 heterocycles. The summed E-state index contributed by atoms with van der Waals surface area (Å²) in [5.41, 5.74) is 0.760. The molecule has 80 valence electrons. The van der Waals surface area contributed by atoms with Crippen LogP contribution in [0.2, 0.25) is 0 Å². The SMILES string of the molecule is ON=Cc1cccc(Oc2ccccn2)c1. The molecule has 1 aromatic heterocycles. The Bertz CT molecular complexity index is 483. The van der Waals surface area contributed by atoms with Gasteiger partial charge in [0.1, 0.15) is 5.75 Å². The van der Waals surface area contributed by atoms with E-state index in [1.54, 1.807) is 18.3 Å². The van der Waals surface area contributed by atoms with Gasteiger partial charge in [0.25, 0.3) is 0 Å². The summed E-state index contributed by atoms with van der Waals surface area (Å²) in [5.74, 6) is 1.18. The number of pyridine rings is 1. The molecule has 0 amide bonds. The molecule has 0 spiro atoms. The van der Waals surface area contributed by atoms with Crippen LogP contribution in [0.3, 0.4) is 0 Å². The second-order valence-corrected chi connectivity index (χ2v) is 3.09. The fourth-order valence-corrected chi connectivity index (χ4v) is 1.25. The lowest BCUT2D eigenvalue weighted by atomic mass is 10.2. The van der Waals surface area contributed by atoms with E-state index in [0.717, 1.165) is 5.56 Å². The maximum atomic E-state index is 8.42. The Morgan fingerprint density at radius 1 is 1.19 bits per heavy atom. The normalized spacial score (nSPS) is 10.5. The Morgan fingerprint density at radius 2 is 2.12 bits per heavy atom. The predicted molar refractivity (Wildman–Crippen MR) is 60.1 cm³/mol. The second-order valence-electron chi connectivity index (χ2n) is 3.09. The van der Waals surface area contributed by atoms with E-state index in [9.17, 15) is 0 Å². The van der Waals surface area contributed by atoms with Crippen LogP contribution in [0.25, 0.3) is 0 Å². The van der Waals surface area contributed by atoms with Gasteiger partial charge in [0.05, 0.1) is 6.21 Å². The van der Waals surface area contributed by atoms with E-state index in [-0.39, 0.29) is 0 Å². The predicted octanol–water partition coefficient (Wildman–Crippen LogP) is 2.68. The fourth-order valence-electron chi connectivity index (χ4n) is 1.25. The van der Waals surface area contributed by atoms with E-state index in [4.69, 9.17) is 9.94 Å². The Morgan fingerprint density at radius 3 is 2.88 bits per heavy atom. The van der Waals surface area contributed by atoms with Gasteiger partial charge in [-0.15, -0.1) is 0 Å². The van der Waals surface area contributed by atoms with Gasteiger partial charge in [-0.05, 0) is 23.8 Å². The first-order chi connectivity index (χ1) is 7.88. The number of oxime groups is 1. The van der Waals surface area contributed by atoms with Crippen LogP contribution in [0, 0.1) is 0 Å². The maximum absolute atomic E-state index is 8.42. The van der Waals surface area contributed by atoms with Crippen molar-refractivity contribution in [3.63, 3.8) is 0 Å². The molecule has 2 aromatic rings. The van der Waals surface area contributed by atoms with E-state index >= 15 is 0 Å². The Kier molecular flexibility index (Phi) is 3.13. The standard InChI is InChI=1S/C12H10N2O2/c15-14-9-10-4-3-5-11(8-10)16-12-6-1-2-7-13-12/h1-9,15H. The quantitative estimate of drug-likeness (QED) is 0.485. The molecular formula is C12H10N2O2. The molecule has 0 aliphatic heterocycles. The summed E-state index contributed by atoms with van der Waals surface area (Å²) in [5, 5.41) is 11.4. The highest BCUT2D eigenvalue weighted by Crippen LogP contribution is 2.19. The fraction of sp³-hybridized carbons (Fsp3) is 0. The Hall–Kier alpha value is -2.36. The van der Waals surface area contributed by atoms with Gasteiger partial charge in [-0.25, -0.2) is 4.98 Å². The molecule has 0 aliphatic carbocycles. The molecule has 0 unspecified atom stereocenters. The van der Waals surface area contributed by atoms with Crippen LogP contribution in [0.5, 0.6) is 11.6 Å². The number of ether oxygens (including phenoxy) is 1. The van der Waals surface area contributed by atoms with Crippen molar-refractivity contribution in [2.75, 3.05) is 0 Å². The summed E-state index contributed by atoms with van der Waals surface area (Å²) in [6.07, 6.45) is 3.00. The molecule has 0 atom stereocenters. The minimum atomic E-state index is 0.528. The first-order valence-electron chi connectivity index (χ1n) is 4.75. The first kappa shape index (κ1) is 10.2. The molecule has 1 aromatic carbocycles. The average Bonchev–Trinajstić information content (AvgIpc) is 2.31. The topological polar surface area (TPSA) is 54.7 Å². The maximum Gasteiger partial charge on any atom is 0.219 e. The Balaban J connectivity index is 2.19. The lowest BCUT2D eigenvalue weighted by Gasteiger charge is -2.04. The number of hydrogen-bond donors (Lipinski definition) is 1. The minimum absolute atomic E-state index is 0.528. The van der Waals surface area contributed by atoms with Gasteiger partial charge in [0, 0.05) is 12.3 Å². The second kappa shape index (κ2) is 4.93. The lowest BCUT2D eigenvalue weighted by Crippen LogP contribution is -1.88. The molecule has 0 bridgehead atoms. The highest BCUT2D eigenvalue weighted by Gasteiger charge is 1.97. The summed E-state index contributed by atoms with van der Waals surface area (Å²) in [4.78, 5) is 4.04. The van der Waals surface area contributed by atoms with Crippen molar-refractivity contribution >= 4 is 6.21 Å². The van der Waals surface area contributed by atoms with Crippen molar-refractivity contribution in [1.29, 1.82) is 0 Å². The molecule has 0 aliphatic rings. The van der Waals surface area contributed by atoms with E-state index in [2.05, 4.69) is 10.1 Å². The molecule has 0 saturated carbocycles. The van der Waals surface area contributed by atoms with Crippen molar-refractivity contribution in [1.82, 2.24) is 4.98 Å². The average molecular weight is 214 g/mol. The van der Waals surface area contributed by atoms with Crippen LogP contribution in [-0.4, -0.2) is 16.4 Å². The van der Waals surface area contributed by atoms with Crippen molar-refractivity contribution in [2.45, 2.75) is 0 Å². The first-order valence-corrected chi connectivity index (χ1v) is 4.75. The van der Waals surface area contributed by atoms with Crippen LogP contribution in [0.15, 0.2) is 53.8 Å². The van der Waals surface area contributed by atoms with Gasteiger partial charge in [0.2, 0.25) is 5.88 Å². The van der Waals surface area contributed by atoms with Crippen molar-refractivity contribution in [3.05, 3.63) is 54.2 Å². The van der Waals surface area contributed by atoms with Gasteiger partial charge < -0.3 is 9.94 Å². The van der Waals surface area contributed by atoms with Crippen LogP contribution in [0.1, 0.15) is 5.56 Å². The van der Waals surface area contributed by atoms with E-state index in [1.165, 1.54) is 6.21 Å². The molecule has 2 rings (SSSR count). The van der Waals surface area contributed by atoms with Crippen LogP contribution < -0.4 is 4.74 Å². The van der Waals surface area contributed by atoms with Gasteiger partial charge in [-0.1, -0.05) is 23.4 Å². The third kappa shape index (κ3) is 2.57. The van der Waals surface area contributed by atoms with Crippen LogP contribution >= 0.6 is 0 Å². The highest BCUT2D eigenvalue weighted by atomic mass is 16.5. The van der Waals surface area contributed by atoms with Gasteiger partial charge in [-0.2, -0.15) is 0 Å². The zero-order valence-corrected chi connectivity index (χ0v) is 8.45. The molecule has 1 N–H and O–H groups in total. The summed E-state index contributed by atoms with van der Waals surface area (Å²) in [7, 11) is 0. The van der Waals surface area contributed by atoms with Crippen molar-refractivity contribution in [3.8, 4) is 11.6 Å². The zero-order chi connectivity index (χ0) is 11.2. The van der Waals surface area contributed by atoms with Gasteiger partial charge in [-0.3, -0.25) is 0 Å². The lowest BCUT2D eigenvalue weighted by molar-refractivity contribution is 0.322. The van der Waals surface area contributed by atoms with E-state index in [0.29, 0.717) is 11.6 Å². The Labute approximate surface area is 92.8 Å². The van der Waals surface area contributed by atoms with Gasteiger partial charge in [0.15, 0.2) is 0 Å². The summed E-state index contributed by atoms with van der Waals surface area (Å²) < 4.78 is 5.51. The molecular weight excluding hydrogens is 204 g/mol. The number of benzene rings is 1. The third-order valence-corrected chi connectivity index (χ3v) is 1.93. The smallest absolute Gasteiger partial charge is 0.219 e. The van der Waals surface area contributed by atoms with Gasteiger partial charge >= 0.3 is 0 Å². The van der Waals surface area contributed by atoms with E-state index in [1.807, 2.05) is 30.3 Å². The molecule has 4 heteroatoms.